The van der Waals surface area contributed by atoms with Gasteiger partial charge in [0, 0.05) is 0 Å². The van der Waals surface area contributed by atoms with Gasteiger partial charge in [0.05, 0.1) is 5.02 Å². The highest BCUT2D eigenvalue weighted by molar-refractivity contribution is 6.32. The van der Waals surface area contributed by atoms with Crippen molar-refractivity contribution in [3.05, 3.63) is 40.2 Å². The van der Waals surface area contributed by atoms with E-state index in [1.54, 1.807) is 0 Å². The molecule has 0 N–H and O–H groups in total. The first-order valence-corrected chi connectivity index (χ1v) is 9.71. The second kappa shape index (κ2) is 9.47. The Morgan fingerprint density at radius 2 is 1.91 bits per heavy atom. The molecule has 0 fully saturated rings. The zero-order valence-corrected chi connectivity index (χ0v) is 15.4. The van der Waals surface area contributed by atoms with Gasteiger partial charge in [-0.15, -0.1) is 0 Å². The number of hydrogen-bond acceptors (Lipinski definition) is 0. The first-order valence-electron chi connectivity index (χ1n) is 9.33. The van der Waals surface area contributed by atoms with E-state index in [9.17, 15) is 4.39 Å². The molecule has 2 heteroatoms. The van der Waals surface area contributed by atoms with Gasteiger partial charge in [-0.2, -0.15) is 0 Å². The maximum Gasteiger partial charge on any atom is 0.145 e. The lowest BCUT2D eigenvalue weighted by Gasteiger charge is -2.23. The Labute approximate surface area is 146 Å². The van der Waals surface area contributed by atoms with Crippen molar-refractivity contribution in [3.8, 4) is 0 Å². The zero-order valence-electron chi connectivity index (χ0n) is 14.6. The molecular formula is C21H30ClF. The van der Waals surface area contributed by atoms with Gasteiger partial charge in [-0.25, -0.2) is 4.39 Å². The minimum atomic E-state index is -0.200. The molecular weight excluding hydrogens is 307 g/mol. The number of aryl methyl sites for hydroxylation is 1. The van der Waals surface area contributed by atoms with Gasteiger partial charge in [0.2, 0.25) is 0 Å². The predicted molar refractivity (Wildman–Crippen MR) is 99.5 cm³/mol. The average molecular weight is 337 g/mol. The predicted octanol–water partition coefficient (Wildman–Crippen LogP) is 7.59. The molecule has 1 aliphatic carbocycles. The molecule has 1 unspecified atom stereocenters. The second-order valence-corrected chi connectivity index (χ2v) is 7.25. The molecule has 128 valence electrons. The van der Waals surface area contributed by atoms with Crippen molar-refractivity contribution in [3.63, 3.8) is 0 Å². The van der Waals surface area contributed by atoms with E-state index in [2.05, 4.69) is 19.9 Å². The van der Waals surface area contributed by atoms with Gasteiger partial charge in [0.25, 0.3) is 0 Å². The summed E-state index contributed by atoms with van der Waals surface area (Å²) in [6.45, 7) is 4.41. The van der Waals surface area contributed by atoms with Gasteiger partial charge in [-0.05, 0) is 54.7 Å². The fourth-order valence-corrected chi connectivity index (χ4v) is 3.79. The van der Waals surface area contributed by atoms with Crippen LogP contribution in [0.25, 0.3) is 5.57 Å². The number of halogens is 2. The highest BCUT2D eigenvalue weighted by atomic mass is 35.5. The van der Waals surface area contributed by atoms with Crippen LogP contribution in [0.3, 0.4) is 0 Å². The van der Waals surface area contributed by atoms with Crippen molar-refractivity contribution in [2.75, 3.05) is 0 Å². The highest BCUT2D eigenvalue weighted by Crippen LogP contribution is 2.37. The molecule has 0 spiro atoms. The third-order valence-electron chi connectivity index (χ3n) is 5.04. The van der Waals surface area contributed by atoms with Gasteiger partial charge in [-0.1, -0.05) is 75.8 Å². The van der Waals surface area contributed by atoms with E-state index >= 15 is 0 Å². The van der Waals surface area contributed by atoms with E-state index in [0.717, 1.165) is 55.6 Å². The minimum absolute atomic E-state index is 0.200. The van der Waals surface area contributed by atoms with E-state index < -0.39 is 0 Å². The van der Waals surface area contributed by atoms with Crippen LogP contribution in [0.4, 0.5) is 4.39 Å². The Hall–Kier alpha value is -0.820. The first-order chi connectivity index (χ1) is 11.2. The summed E-state index contributed by atoms with van der Waals surface area (Å²) in [5.41, 5.74) is 2.92. The van der Waals surface area contributed by atoms with Crippen molar-refractivity contribution < 1.29 is 4.39 Å². The summed E-state index contributed by atoms with van der Waals surface area (Å²) in [6, 6.07) is 3.97. The summed E-state index contributed by atoms with van der Waals surface area (Å²) in [7, 11) is 0. The molecule has 1 aromatic carbocycles. The van der Waals surface area contributed by atoms with Crippen LogP contribution in [0.5, 0.6) is 0 Å². The monoisotopic (exact) mass is 336 g/mol. The zero-order chi connectivity index (χ0) is 16.7. The molecule has 0 amide bonds. The lowest BCUT2D eigenvalue weighted by atomic mass is 9.84. The summed E-state index contributed by atoms with van der Waals surface area (Å²) in [5, 5.41) is 0.331. The summed E-state index contributed by atoms with van der Waals surface area (Å²) in [4.78, 5) is 0. The lowest BCUT2D eigenvalue weighted by molar-refractivity contribution is 0.433. The Balaban J connectivity index is 2.06. The van der Waals surface area contributed by atoms with Crippen LogP contribution < -0.4 is 0 Å². The molecule has 23 heavy (non-hydrogen) atoms. The summed E-state index contributed by atoms with van der Waals surface area (Å²) < 4.78 is 14.5. The van der Waals surface area contributed by atoms with Crippen LogP contribution in [-0.2, 0) is 6.42 Å². The third-order valence-corrected chi connectivity index (χ3v) is 5.41. The molecule has 0 aliphatic heterocycles. The van der Waals surface area contributed by atoms with Gasteiger partial charge < -0.3 is 0 Å². The van der Waals surface area contributed by atoms with Crippen LogP contribution in [0, 0.1) is 11.7 Å². The fourth-order valence-electron chi connectivity index (χ4n) is 3.48. The van der Waals surface area contributed by atoms with E-state index in [-0.39, 0.29) is 5.82 Å². The molecule has 0 radical (unpaired) electrons. The Morgan fingerprint density at radius 1 is 1.13 bits per heavy atom. The van der Waals surface area contributed by atoms with Crippen LogP contribution >= 0.6 is 11.6 Å². The largest absolute Gasteiger partial charge is 0.205 e. The van der Waals surface area contributed by atoms with E-state index in [1.165, 1.54) is 31.3 Å². The van der Waals surface area contributed by atoms with Crippen molar-refractivity contribution in [1.82, 2.24) is 0 Å². The summed E-state index contributed by atoms with van der Waals surface area (Å²) >= 11 is 6.35. The minimum Gasteiger partial charge on any atom is -0.205 e. The van der Waals surface area contributed by atoms with Gasteiger partial charge in [0.15, 0.2) is 0 Å². The second-order valence-electron chi connectivity index (χ2n) is 6.87. The van der Waals surface area contributed by atoms with Crippen molar-refractivity contribution in [1.29, 1.82) is 0 Å². The normalized spacial score (nSPS) is 18.1. The van der Waals surface area contributed by atoms with Crippen LogP contribution in [-0.4, -0.2) is 0 Å². The highest BCUT2D eigenvalue weighted by Gasteiger charge is 2.19. The number of rotatable bonds is 8. The van der Waals surface area contributed by atoms with Crippen molar-refractivity contribution >= 4 is 17.2 Å². The fraction of sp³-hybridized carbons (Fsp3) is 0.619. The Bertz CT molecular complexity index is 533. The van der Waals surface area contributed by atoms with Crippen LogP contribution in [0.1, 0.15) is 82.8 Å². The number of benzene rings is 1. The van der Waals surface area contributed by atoms with Gasteiger partial charge >= 0.3 is 0 Å². The Kier molecular flexibility index (Phi) is 7.62. The molecule has 0 heterocycles. The van der Waals surface area contributed by atoms with Crippen LogP contribution in [0.2, 0.25) is 5.02 Å². The van der Waals surface area contributed by atoms with E-state index in [0.29, 0.717) is 5.02 Å². The molecule has 0 aromatic heterocycles. The SMILES string of the molecule is CCCCCc1ccc(C2=CCC(CCCC)CC2)c(Cl)c1F. The molecule has 1 aliphatic rings. The maximum absolute atomic E-state index is 14.5. The van der Waals surface area contributed by atoms with Gasteiger partial charge in [-0.3, -0.25) is 0 Å². The summed E-state index contributed by atoms with van der Waals surface area (Å²) in [5.74, 6) is 0.602. The van der Waals surface area contributed by atoms with Crippen molar-refractivity contribution in [2.45, 2.75) is 78.1 Å². The number of allylic oxidation sites excluding steroid dienone is 2. The quantitative estimate of drug-likeness (QED) is 0.429. The number of hydrogen-bond donors (Lipinski definition) is 0. The molecule has 1 atom stereocenters. The van der Waals surface area contributed by atoms with Crippen LogP contribution in [0.15, 0.2) is 18.2 Å². The topological polar surface area (TPSA) is 0 Å². The first kappa shape index (κ1) is 18.5. The number of unbranched alkanes of at least 4 members (excludes halogenated alkanes) is 3. The molecule has 2 rings (SSSR count). The lowest BCUT2D eigenvalue weighted by Crippen LogP contribution is -2.06. The Morgan fingerprint density at radius 3 is 2.57 bits per heavy atom. The third kappa shape index (κ3) is 5.08. The molecule has 0 bridgehead atoms. The maximum atomic E-state index is 14.5. The average Bonchev–Trinajstić information content (AvgIpc) is 2.58. The van der Waals surface area contributed by atoms with E-state index in [1.807, 2.05) is 12.1 Å². The molecule has 0 saturated carbocycles. The smallest absolute Gasteiger partial charge is 0.145 e. The molecule has 0 nitrogen and oxygen atoms in total. The van der Waals surface area contributed by atoms with Crippen molar-refractivity contribution in [2.24, 2.45) is 5.92 Å². The van der Waals surface area contributed by atoms with E-state index in [4.69, 9.17) is 11.6 Å². The molecule has 0 saturated heterocycles. The standard InChI is InChI=1S/C21H30ClF/c1-3-5-7-9-18-14-15-19(20(22)21(18)23)17-12-10-16(11-13-17)8-6-4-2/h12,14-16H,3-11,13H2,1-2H3. The summed E-state index contributed by atoms with van der Waals surface area (Å²) in [6.07, 6.45) is 13.7. The van der Waals surface area contributed by atoms with Gasteiger partial charge in [0.1, 0.15) is 5.82 Å². The molecule has 1 aromatic rings.